The van der Waals surface area contributed by atoms with Crippen LogP contribution in [0.5, 0.6) is 0 Å². The molecule has 7 heteroatoms. The average Bonchev–Trinajstić information content (AvgIpc) is 2.97. The normalized spacial score (nSPS) is 10.5. The van der Waals surface area contributed by atoms with Gasteiger partial charge in [-0.3, -0.25) is 9.59 Å². The molecule has 0 aliphatic carbocycles. The van der Waals surface area contributed by atoms with Gasteiger partial charge in [-0.2, -0.15) is 0 Å². The van der Waals surface area contributed by atoms with Gasteiger partial charge in [0.15, 0.2) is 0 Å². The summed E-state index contributed by atoms with van der Waals surface area (Å²) in [5, 5.41) is 3.86. The van der Waals surface area contributed by atoms with Gasteiger partial charge in [0.1, 0.15) is 5.76 Å². The molecule has 0 radical (unpaired) electrons. The van der Waals surface area contributed by atoms with Crippen LogP contribution < -0.4 is 0 Å². The third-order valence-electron chi connectivity index (χ3n) is 3.38. The Morgan fingerprint density at radius 3 is 2.54 bits per heavy atom. The molecule has 1 aromatic heterocycles. The Hall–Kier alpha value is -2.28. The fraction of sp³-hybridized carbons (Fsp3) is 0.353. The number of likely N-dealkylation sites (N-methyl/N-ethyl adjacent to an activating group) is 2. The van der Waals surface area contributed by atoms with Gasteiger partial charge in [0, 0.05) is 32.1 Å². The zero-order valence-corrected chi connectivity index (χ0v) is 15.1. The van der Waals surface area contributed by atoms with Crippen LogP contribution >= 0.6 is 11.8 Å². The summed E-state index contributed by atoms with van der Waals surface area (Å²) >= 11 is 1.51. The number of rotatable bonds is 6. The first-order valence-electron chi connectivity index (χ1n) is 7.48. The van der Waals surface area contributed by atoms with Crippen LogP contribution in [0.25, 0.3) is 0 Å². The monoisotopic (exact) mass is 347 g/mol. The summed E-state index contributed by atoms with van der Waals surface area (Å²) in [6.45, 7) is 1.91. The van der Waals surface area contributed by atoms with Crippen LogP contribution in [0.1, 0.15) is 21.8 Å². The first kappa shape index (κ1) is 18.1. The number of benzene rings is 1. The lowest BCUT2D eigenvalue weighted by Crippen LogP contribution is -2.37. The number of aromatic nitrogens is 1. The first-order valence-corrected chi connectivity index (χ1v) is 8.46. The van der Waals surface area contributed by atoms with Gasteiger partial charge in [0.25, 0.3) is 5.91 Å². The van der Waals surface area contributed by atoms with E-state index in [2.05, 4.69) is 5.16 Å². The predicted molar refractivity (Wildman–Crippen MR) is 92.9 cm³/mol. The molecule has 0 atom stereocenters. The lowest BCUT2D eigenvalue weighted by molar-refractivity contribution is -0.129. The van der Waals surface area contributed by atoms with Crippen molar-refractivity contribution in [1.29, 1.82) is 0 Å². The fourth-order valence-electron chi connectivity index (χ4n) is 2.02. The molecule has 24 heavy (non-hydrogen) atoms. The summed E-state index contributed by atoms with van der Waals surface area (Å²) in [5.41, 5.74) is 1.41. The van der Waals surface area contributed by atoms with Crippen LogP contribution in [-0.2, 0) is 10.5 Å². The molecule has 0 aliphatic rings. The molecule has 0 fully saturated rings. The highest BCUT2D eigenvalue weighted by Gasteiger charge is 2.19. The molecule has 1 aromatic carbocycles. The van der Waals surface area contributed by atoms with E-state index in [4.69, 9.17) is 4.52 Å². The molecule has 6 nitrogen and oxygen atoms in total. The fourth-order valence-corrected chi connectivity index (χ4v) is 2.94. The highest BCUT2D eigenvalue weighted by Crippen LogP contribution is 2.27. The molecule has 0 bridgehead atoms. The van der Waals surface area contributed by atoms with Gasteiger partial charge in [-0.1, -0.05) is 17.3 Å². The van der Waals surface area contributed by atoms with E-state index >= 15 is 0 Å². The predicted octanol–water partition coefficient (Wildman–Crippen LogP) is 2.44. The second-order valence-electron chi connectivity index (χ2n) is 5.67. The van der Waals surface area contributed by atoms with Crippen molar-refractivity contribution in [2.75, 3.05) is 27.7 Å². The highest BCUT2D eigenvalue weighted by molar-refractivity contribution is 7.98. The summed E-state index contributed by atoms with van der Waals surface area (Å²) in [7, 11) is 4.97. The smallest absolute Gasteiger partial charge is 0.255 e. The van der Waals surface area contributed by atoms with Crippen LogP contribution in [0.3, 0.4) is 0 Å². The Bertz CT molecular complexity index is 727. The van der Waals surface area contributed by atoms with Crippen molar-refractivity contribution >= 4 is 23.6 Å². The summed E-state index contributed by atoms with van der Waals surface area (Å²) in [5.74, 6) is 1.05. The summed E-state index contributed by atoms with van der Waals surface area (Å²) in [6.07, 6.45) is 0. The van der Waals surface area contributed by atoms with Gasteiger partial charge in [-0.05, 0) is 19.1 Å². The topological polar surface area (TPSA) is 66.7 Å². The first-order chi connectivity index (χ1) is 11.4. The van der Waals surface area contributed by atoms with Crippen molar-refractivity contribution in [3.05, 3.63) is 47.3 Å². The maximum atomic E-state index is 12.6. The van der Waals surface area contributed by atoms with E-state index in [0.29, 0.717) is 11.3 Å². The maximum Gasteiger partial charge on any atom is 0.255 e. The van der Waals surface area contributed by atoms with Crippen molar-refractivity contribution in [2.24, 2.45) is 0 Å². The van der Waals surface area contributed by atoms with Crippen molar-refractivity contribution in [3.8, 4) is 0 Å². The number of nitrogens with zero attached hydrogens (tertiary/aromatic N) is 3. The van der Waals surface area contributed by atoms with Crippen LogP contribution in [0, 0.1) is 6.92 Å². The molecule has 0 aliphatic heterocycles. The second-order valence-corrected chi connectivity index (χ2v) is 6.69. The van der Waals surface area contributed by atoms with Crippen molar-refractivity contribution in [3.63, 3.8) is 0 Å². The van der Waals surface area contributed by atoms with Gasteiger partial charge in [0.05, 0.1) is 23.6 Å². The van der Waals surface area contributed by atoms with Crippen LogP contribution in [0.15, 0.2) is 39.8 Å². The van der Waals surface area contributed by atoms with E-state index in [1.54, 1.807) is 27.2 Å². The molecule has 1 heterocycles. The van der Waals surface area contributed by atoms with Crippen molar-refractivity contribution < 1.29 is 14.1 Å². The van der Waals surface area contributed by atoms with Crippen LogP contribution in [0.2, 0.25) is 0 Å². The number of hydrogen-bond donors (Lipinski definition) is 0. The SMILES string of the molecule is Cc1cc(CSc2ccccc2C(=O)N(C)CC(=O)N(C)C)on1. The molecular weight excluding hydrogens is 326 g/mol. The average molecular weight is 347 g/mol. The minimum absolute atomic E-state index is 0.0478. The molecule has 0 saturated carbocycles. The highest BCUT2D eigenvalue weighted by atomic mass is 32.2. The van der Waals surface area contributed by atoms with E-state index in [1.807, 2.05) is 31.2 Å². The maximum absolute atomic E-state index is 12.6. The molecule has 0 unspecified atom stereocenters. The number of amides is 2. The van der Waals surface area contributed by atoms with E-state index in [0.717, 1.165) is 16.3 Å². The number of carbonyl (C=O) groups excluding carboxylic acids is 2. The molecule has 2 aromatic rings. The molecule has 2 rings (SSSR count). The quantitative estimate of drug-likeness (QED) is 0.751. The number of hydrogen-bond acceptors (Lipinski definition) is 5. The van der Waals surface area contributed by atoms with Crippen LogP contribution in [-0.4, -0.2) is 54.5 Å². The van der Waals surface area contributed by atoms with E-state index in [9.17, 15) is 9.59 Å². The Kier molecular flexibility index (Phi) is 6.03. The summed E-state index contributed by atoms with van der Waals surface area (Å²) in [4.78, 5) is 28.2. The summed E-state index contributed by atoms with van der Waals surface area (Å²) < 4.78 is 5.20. The summed E-state index contributed by atoms with van der Waals surface area (Å²) in [6, 6.07) is 9.24. The zero-order valence-electron chi connectivity index (χ0n) is 14.3. The molecule has 0 N–H and O–H groups in total. The minimum Gasteiger partial charge on any atom is -0.360 e. The van der Waals surface area contributed by atoms with Crippen molar-refractivity contribution in [2.45, 2.75) is 17.6 Å². The Labute approximate surface area is 145 Å². The Morgan fingerprint density at radius 2 is 1.92 bits per heavy atom. The van der Waals surface area contributed by atoms with E-state index < -0.39 is 0 Å². The molecule has 0 saturated heterocycles. The van der Waals surface area contributed by atoms with Gasteiger partial charge in [-0.25, -0.2) is 0 Å². The van der Waals surface area contributed by atoms with E-state index in [1.165, 1.54) is 21.6 Å². The third-order valence-corrected chi connectivity index (χ3v) is 4.48. The van der Waals surface area contributed by atoms with Crippen LogP contribution in [0.4, 0.5) is 0 Å². The Morgan fingerprint density at radius 1 is 1.21 bits per heavy atom. The number of thioether (sulfide) groups is 1. The molecule has 0 spiro atoms. The standard InChI is InChI=1S/C17H21N3O3S/c1-12-9-13(23-18-12)11-24-15-8-6-5-7-14(15)17(22)20(4)10-16(21)19(2)3/h5-9H,10-11H2,1-4H3. The Balaban J connectivity index is 2.09. The van der Waals surface area contributed by atoms with Crippen molar-refractivity contribution in [1.82, 2.24) is 15.0 Å². The molecular formula is C17H21N3O3S. The van der Waals surface area contributed by atoms with Gasteiger partial charge >= 0.3 is 0 Å². The van der Waals surface area contributed by atoms with Gasteiger partial charge in [-0.15, -0.1) is 11.8 Å². The molecule has 128 valence electrons. The second kappa shape index (κ2) is 8.01. The number of aryl methyl sites for hydroxylation is 1. The lowest BCUT2D eigenvalue weighted by Gasteiger charge is -2.20. The lowest BCUT2D eigenvalue weighted by atomic mass is 10.2. The van der Waals surface area contributed by atoms with Gasteiger partial charge in [0.2, 0.25) is 5.91 Å². The van der Waals surface area contributed by atoms with E-state index in [-0.39, 0.29) is 18.4 Å². The minimum atomic E-state index is -0.179. The zero-order chi connectivity index (χ0) is 17.7. The van der Waals surface area contributed by atoms with Gasteiger partial charge < -0.3 is 14.3 Å². The number of carbonyl (C=O) groups is 2. The largest absolute Gasteiger partial charge is 0.360 e. The third kappa shape index (κ3) is 4.61. The molecule has 2 amide bonds.